The monoisotopic (exact) mass is 297 g/mol. The zero-order chi connectivity index (χ0) is 14.7. The van der Waals surface area contributed by atoms with Crippen LogP contribution in [-0.4, -0.2) is 39.0 Å². The number of nitrogens with one attached hydrogen (secondary N) is 2. The van der Waals surface area contributed by atoms with Crippen LogP contribution in [0.4, 0.5) is 4.79 Å². The molecule has 1 aromatic heterocycles. The standard InChI is InChI=1S/C12H19N5O2S/c1-4-17-9(8-5-6-8)15-16-12(17)20-7(2)10(18)14-11(19)13-3/h7-8H,4-6H2,1-3H3,(H2,13,14,18,19). The lowest BCUT2D eigenvalue weighted by Crippen LogP contribution is -2.41. The van der Waals surface area contributed by atoms with E-state index in [0.29, 0.717) is 5.92 Å². The normalized spacial score (nSPS) is 15.8. The Balaban J connectivity index is 2.02. The van der Waals surface area contributed by atoms with Crippen LogP contribution in [0.15, 0.2) is 5.16 Å². The molecule has 8 heteroatoms. The highest BCUT2D eigenvalue weighted by Gasteiger charge is 2.30. The zero-order valence-electron chi connectivity index (χ0n) is 11.8. The van der Waals surface area contributed by atoms with Gasteiger partial charge in [-0.05, 0) is 26.7 Å². The molecule has 0 saturated heterocycles. The molecule has 1 aromatic rings. The van der Waals surface area contributed by atoms with Gasteiger partial charge in [-0.25, -0.2) is 4.79 Å². The SMILES string of the molecule is CCn1c(SC(C)C(=O)NC(=O)NC)nnc1C1CC1. The minimum absolute atomic E-state index is 0.340. The maximum atomic E-state index is 11.8. The van der Waals surface area contributed by atoms with E-state index in [1.54, 1.807) is 6.92 Å². The van der Waals surface area contributed by atoms with Crippen molar-refractivity contribution in [2.45, 2.75) is 49.6 Å². The molecule has 1 aliphatic carbocycles. The molecule has 0 aromatic carbocycles. The van der Waals surface area contributed by atoms with Crippen molar-refractivity contribution < 1.29 is 9.59 Å². The largest absolute Gasteiger partial charge is 0.341 e. The van der Waals surface area contributed by atoms with E-state index in [9.17, 15) is 9.59 Å². The van der Waals surface area contributed by atoms with Gasteiger partial charge in [-0.3, -0.25) is 10.1 Å². The molecule has 3 amide bonds. The number of rotatable bonds is 5. The first-order valence-electron chi connectivity index (χ1n) is 6.69. The predicted molar refractivity (Wildman–Crippen MR) is 75.6 cm³/mol. The van der Waals surface area contributed by atoms with Crippen LogP contribution in [0.3, 0.4) is 0 Å². The van der Waals surface area contributed by atoms with E-state index in [1.807, 2.05) is 11.5 Å². The summed E-state index contributed by atoms with van der Waals surface area (Å²) in [6, 6.07) is -0.502. The number of amides is 3. The summed E-state index contributed by atoms with van der Waals surface area (Å²) in [7, 11) is 1.47. The Hall–Kier alpha value is -1.57. The van der Waals surface area contributed by atoms with Crippen molar-refractivity contribution in [2.24, 2.45) is 0 Å². The summed E-state index contributed by atoms with van der Waals surface area (Å²) in [4.78, 5) is 22.9. The van der Waals surface area contributed by atoms with Crippen molar-refractivity contribution in [2.75, 3.05) is 7.05 Å². The summed E-state index contributed by atoms with van der Waals surface area (Å²) in [5, 5.41) is 13.3. The fraction of sp³-hybridized carbons (Fsp3) is 0.667. The van der Waals surface area contributed by atoms with E-state index in [-0.39, 0.29) is 5.91 Å². The topological polar surface area (TPSA) is 88.9 Å². The van der Waals surface area contributed by atoms with Crippen LogP contribution < -0.4 is 10.6 Å². The molecule has 20 heavy (non-hydrogen) atoms. The molecular formula is C12H19N5O2S. The number of thioether (sulfide) groups is 1. The molecule has 1 unspecified atom stereocenters. The van der Waals surface area contributed by atoms with Gasteiger partial charge in [0.1, 0.15) is 5.82 Å². The molecule has 1 saturated carbocycles. The number of hydrogen-bond donors (Lipinski definition) is 2. The smallest absolute Gasteiger partial charge is 0.321 e. The van der Waals surface area contributed by atoms with E-state index >= 15 is 0 Å². The third-order valence-corrected chi connectivity index (χ3v) is 4.20. The molecule has 110 valence electrons. The number of urea groups is 1. The van der Waals surface area contributed by atoms with Crippen LogP contribution in [-0.2, 0) is 11.3 Å². The Kier molecular flexibility index (Phi) is 4.64. The molecule has 7 nitrogen and oxygen atoms in total. The van der Waals surface area contributed by atoms with Crippen molar-refractivity contribution in [3.63, 3.8) is 0 Å². The Bertz CT molecular complexity index is 512. The molecular weight excluding hydrogens is 278 g/mol. The molecule has 0 spiro atoms. The first-order valence-corrected chi connectivity index (χ1v) is 7.57. The lowest BCUT2D eigenvalue weighted by atomic mass is 10.4. The van der Waals surface area contributed by atoms with Gasteiger partial charge in [0.25, 0.3) is 0 Å². The number of nitrogens with zero attached hydrogens (tertiary/aromatic N) is 3. The van der Waals surface area contributed by atoms with Crippen LogP contribution in [0.2, 0.25) is 0 Å². The summed E-state index contributed by atoms with van der Waals surface area (Å²) in [5.41, 5.74) is 0. The Labute approximate surface area is 121 Å². The van der Waals surface area contributed by atoms with Crippen LogP contribution in [0.25, 0.3) is 0 Å². The number of imide groups is 1. The molecule has 2 rings (SSSR count). The van der Waals surface area contributed by atoms with E-state index < -0.39 is 11.3 Å². The van der Waals surface area contributed by atoms with Crippen molar-refractivity contribution in [1.29, 1.82) is 0 Å². The molecule has 1 atom stereocenters. The predicted octanol–water partition coefficient (Wildman–Crippen LogP) is 1.11. The number of carbonyl (C=O) groups excluding carboxylic acids is 2. The highest BCUT2D eigenvalue weighted by atomic mass is 32.2. The molecule has 1 fully saturated rings. The number of hydrogen-bond acceptors (Lipinski definition) is 5. The van der Waals surface area contributed by atoms with Gasteiger partial charge in [0.15, 0.2) is 5.16 Å². The molecule has 1 heterocycles. The molecule has 0 bridgehead atoms. The fourth-order valence-corrected chi connectivity index (χ4v) is 2.74. The van der Waals surface area contributed by atoms with E-state index in [4.69, 9.17) is 0 Å². The second kappa shape index (κ2) is 6.25. The highest BCUT2D eigenvalue weighted by Crippen LogP contribution is 2.40. The van der Waals surface area contributed by atoms with Crippen molar-refractivity contribution in [1.82, 2.24) is 25.4 Å². The van der Waals surface area contributed by atoms with Crippen LogP contribution >= 0.6 is 11.8 Å². The van der Waals surface area contributed by atoms with E-state index in [2.05, 4.69) is 20.8 Å². The Morgan fingerprint density at radius 3 is 2.70 bits per heavy atom. The summed E-state index contributed by atoms with van der Waals surface area (Å²) < 4.78 is 2.05. The number of aromatic nitrogens is 3. The van der Waals surface area contributed by atoms with Gasteiger partial charge in [0.05, 0.1) is 5.25 Å². The van der Waals surface area contributed by atoms with Crippen molar-refractivity contribution in [3.05, 3.63) is 5.82 Å². The second-order valence-electron chi connectivity index (χ2n) is 4.69. The Morgan fingerprint density at radius 2 is 2.15 bits per heavy atom. The van der Waals surface area contributed by atoms with Crippen molar-refractivity contribution in [3.8, 4) is 0 Å². The van der Waals surface area contributed by atoms with Gasteiger partial charge in [-0.2, -0.15) is 0 Å². The summed E-state index contributed by atoms with van der Waals surface area (Å²) >= 11 is 1.32. The minimum Gasteiger partial charge on any atom is -0.341 e. The lowest BCUT2D eigenvalue weighted by molar-refractivity contribution is -0.119. The molecule has 0 aliphatic heterocycles. The third-order valence-electron chi connectivity index (χ3n) is 3.12. The van der Waals surface area contributed by atoms with Gasteiger partial charge in [-0.15, -0.1) is 10.2 Å². The fourth-order valence-electron chi connectivity index (χ4n) is 1.82. The van der Waals surface area contributed by atoms with Gasteiger partial charge < -0.3 is 9.88 Å². The maximum Gasteiger partial charge on any atom is 0.321 e. The lowest BCUT2D eigenvalue weighted by Gasteiger charge is -2.11. The van der Waals surface area contributed by atoms with Crippen LogP contribution in [0, 0.1) is 0 Å². The first kappa shape index (κ1) is 14.8. The zero-order valence-corrected chi connectivity index (χ0v) is 12.7. The summed E-state index contributed by atoms with van der Waals surface area (Å²) in [6.45, 7) is 4.56. The minimum atomic E-state index is -0.502. The quantitative estimate of drug-likeness (QED) is 0.795. The maximum absolute atomic E-state index is 11.8. The molecule has 2 N–H and O–H groups in total. The van der Waals surface area contributed by atoms with Gasteiger partial charge >= 0.3 is 6.03 Å². The molecule has 0 radical (unpaired) electrons. The van der Waals surface area contributed by atoms with E-state index in [1.165, 1.54) is 18.8 Å². The van der Waals surface area contributed by atoms with Gasteiger partial charge in [0.2, 0.25) is 5.91 Å². The second-order valence-corrected chi connectivity index (χ2v) is 6.00. The highest BCUT2D eigenvalue weighted by molar-refractivity contribution is 8.00. The van der Waals surface area contributed by atoms with E-state index in [0.717, 1.165) is 30.4 Å². The summed E-state index contributed by atoms with van der Waals surface area (Å²) in [6.07, 6.45) is 2.32. The van der Waals surface area contributed by atoms with Crippen LogP contribution in [0.1, 0.15) is 38.4 Å². The first-order chi connectivity index (χ1) is 9.56. The average molecular weight is 297 g/mol. The van der Waals surface area contributed by atoms with Crippen LogP contribution in [0.5, 0.6) is 0 Å². The molecule has 1 aliphatic rings. The van der Waals surface area contributed by atoms with Gasteiger partial charge in [-0.1, -0.05) is 11.8 Å². The van der Waals surface area contributed by atoms with Crippen molar-refractivity contribution >= 4 is 23.7 Å². The van der Waals surface area contributed by atoms with Gasteiger partial charge in [0, 0.05) is 19.5 Å². The average Bonchev–Trinajstić information content (AvgIpc) is 3.20. The number of carbonyl (C=O) groups is 2. The third kappa shape index (κ3) is 3.30. The summed E-state index contributed by atoms with van der Waals surface area (Å²) in [5.74, 6) is 1.19. The Morgan fingerprint density at radius 1 is 1.45 bits per heavy atom.